The third kappa shape index (κ3) is 2.63. The van der Waals surface area contributed by atoms with Crippen LogP contribution in [-0.4, -0.2) is 22.9 Å². The molecule has 1 aromatic heterocycles. The monoisotopic (exact) mass is 341 g/mol. The number of hydrogen-bond donors (Lipinski definition) is 1. The molecule has 0 bridgehead atoms. The average Bonchev–Trinajstić information content (AvgIpc) is 2.89. The molecular weight excluding hydrogens is 332 g/mol. The first-order valence-corrected chi connectivity index (χ1v) is 7.54. The Bertz CT molecular complexity index is 729. The molecule has 0 unspecified atom stereocenters. The minimum atomic E-state index is -0.401. The van der Waals surface area contributed by atoms with Crippen molar-refractivity contribution < 1.29 is 4.39 Å². The molecule has 0 spiro atoms. The number of rotatable bonds is 3. The van der Waals surface area contributed by atoms with Gasteiger partial charge in [0.25, 0.3) is 0 Å². The summed E-state index contributed by atoms with van der Waals surface area (Å²) in [5.41, 5.74) is 3.58. The second kappa shape index (κ2) is 5.29. The quantitative estimate of drug-likeness (QED) is 0.745. The van der Waals surface area contributed by atoms with E-state index in [1.807, 2.05) is 18.2 Å². The van der Waals surface area contributed by atoms with Gasteiger partial charge in [0, 0.05) is 0 Å². The van der Waals surface area contributed by atoms with Crippen LogP contribution in [0.2, 0.25) is 5.02 Å². The summed E-state index contributed by atoms with van der Waals surface area (Å²) in [7, 11) is 0. The van der Waals surface area contributed by atoms with Crippen LogP contribution in [0.3, 0.4) is 0 Å². The van der Waals surface area contributed by atoms with Gasteiger partial charge in [-0.2, -0.15) is 0 Å². The number of hydrogen-bond acceptors (Lipinski definition) is 3. The number of aromatic nitrogens is 2. The molecule has 1 heterocycles. The van der Waals surface area contributed by atoms with Crippen LogP contribution >= 0.6 is 11.6 Å². The van der Waals surface area contributed by atoms with Gasteiger partial charge in [-0.25, -0.2) is 0 Å². The van der Waals surface area contributed by atoms with Crippen molar-refractivity contribution in [3.8, 4) is 0 Å². The number of anilines is 1. The molecule has 0 aliphatic rings. The number of benzene rings is 2. The van der Waals surface area contributed by atoms with Gasteiger partial charge in [0.2, 0.25) is 0 Å². The Balaban J connectivity index is 1.82. The molecule has 0 aliphatic heterocycles. The Morgan fingerprint density at radius 2 is 2.11 bits per heavy atom. The van der Waals surface area contributed by atoms with Gasteiger partial charge in [-0.05, 0) is 0 Å². The number of halogens is 2. The molecule has 96 valence electrons. The fraction of sp³-hybridized carbons (Fsp3) is 0.0769. The van der Waals surface area contributed by atoms with Gasteiger partial charge >= 0.3 is 120 Å². The predicted molar refractivity (Wildman–Crippen MR) is 75.2 cm³/mol. The van der Waals surface area contributed by atoms with E-state index in [9.17, 15) is 4.39 Å². The molecular formula is C13H9ClFN3Se. The molecule has 0 amide bonds. The Labute approximate surface area is 120 Å². The van der Waals surface area contributed by atoms with Crippen molar-refractivity contribution in [2.75, 3.05) is 5.32 Å². The molecule has 3 rings (SSSR count). The van der Waals surface area contributed by atoms with E-state index >= 15 is 0 Å². The van der Waals surface area contributed by atoms with Crippen molar-refractivity contribution in [2.24, 2.45) is 0 Å². The van der Waals surface area contributed by atoms with Gasteiger partial charge in [0.15, 0.2) is 0 Å². The third-order valence-corrected chi connectivity index (χ3v) is 4.20. The molecule has 1 N–H and O–H groups in total. The molecule has 3 nitrogen and oxygen atoms in total. The van der Waals surface area contributed by atoms with Crippen molar-refractivity contribution in [2.45, 2.75) is 6.54 Å². The van der Waals surface area contributed by atoms with Crippen LogP contribution in [0, 0.1) is 5.82 Å². The standard InChI is InChI=1S/C13H9ClFN3Se/c14-9-5-4-8(6-10(9)15)7-16-11-2-1-3-12-13(11)18-19-17-12/h1-6,16H,7H2. The fourth-order valence-electron chi connectivity index (χ4n) is 1.80. The molecule has 0 radical (unpaired) electrons. The second-order valence-electron chi connectivity index (χ2n) is 4.04. The van der Waals surface area contributed by atoms with E-state index in [0.717, 1.165) is 22.3 Å². The van der Waals surface area contributed by atoms with Gasteiger partial charge in [-0.15, -0.1) is 0 Å². The van der Waals surface area contributed by atoms with Gasteiger partial charge in [0.05, 0.1) is 0 Å². The number of nitrogens with one attached hydrogen (secondary N) is 1. The normalized spacial score (nSPS) is 10.8. The summed E-state index contributed by atoms with van der Waals surface area (Å²) in [5, 5.41) is 3.39. The zero-order valence-electron chi connectivity index (χ0n) is 9.73. The van der Waals surface area contributed by atoms with Crippen molar-refractivity contribution in [3.63, 3.8) is 0 Å². The Morgan fingerprint density at radius 1 is 1.21 bits per heavy atom. The first-order valence-electron chi connectivity index (χ1n) is 5.63. The summed E-state index contributed by atoms with van der Waals surface area (Å²) >= 11 is 5.60. The maximum absolute atomic E-state index is 13.3. The fourth-order valence-corrected chi connectivity index (χ4v) is 3.07. The number of nitrogens with zero attached hydrogens (tertiary/aromatic N) is 2. The summed E-state index contributed by atoms with van der Waals surface area (Å²) in [6.45, 7) is 0.521. The summed E-state index contributed by atoms with van der Waals surface area (Å²) in [6, 6.07) is 10.6. The van der Waals surface area contributed by atoms with E-state index in [4.69, 9.17) is 11.6 Å². The molecule has 0 fully saturated rings. The minimum absolute atomic E-state index is 0.0491. The predicted octanol–water partition coefficient (Wildman–Crippen LogP) is 3.09. The summed E-state index contributed by atoms with van der Waals surface area (Å²) in [4.78, 5) is 0. The molecule has 3 aromatic rings. The third-order valence-electron chi connectivity index (χ3n) is 2.75. The Kier molecular flexibility index (Phi) is 3.51. The van der Waals surface area contributed by atoms with Gasteiger partial charge in [-0.3, -0.25) is 0 Å². The van der Waals surface area contributed by atoms with E-state index in [-0.39, 0.29) is 20.0 Å². The van der Waals surface area contributed by atoms with Crippen LogP contribution in [-0.2, 0) is 6.54 Å². The summed E-state index contributed by atoms with van der Waals surface area (Å²) in [6.07, 6.45) is 0. The van der Waals surface area contributed by atoms with E-state index in [2.05, 4.69) is 13.3 Å². The van der Waals surface area contributed by atoms with Crippen LogP contribution in [0.4, 0.5) is 10.1 Å². The van der Waals surface area contributed by atoms with E-state index in [0.29, 0.717) is 6.54 Å². The summed E-state index contributed by atoms with van der Waals surface area (Å²) < 4.78 is 22.0. The molecule has 0 saturated carbocycles. The van der Waals surface area contributed by atoms with Crippen molar-refractivity contribution in [3.05, 3.63) is 52.8 Å². The van der Waals surface area contributed by atoms with Crippen molar-refractivity contribution >= 4 is 43.3 Å². The van der Waals surface area contributed by atoms with E-state index < -0.39 is 5.82 Å². The Hall–Kier alpha value is -1.42. The van der Waals surface area contributed by atoms with Crippen LogP contribution in [0.15, 0.2) is 36.4 Å². The summed E-state index contributed by atoms with van der Waals surface area (Å²) in [5.74, 6) is -0.401. The number of fused-ring (bicyclic) bond motifs is 1. The second-order valence-corrected chi connectivity index (χ2v) is 5.56. The van der Waals surface area contributed by atoms with Crippen LogP contribution < -0.4 is 5.32 Å². The maximum atomic E-state index is 13.3. The zero-order valence-corrected chi connectivity index (χ0v) is 12.2. The first-order chi connectivity index (χ1) is 9.24. The first kappa shape index (κ1) is 12.6. The van der Waals surface area contributed by atoms with Gasteiger partial charge < -0.3 is 0 Å². The van der Waals surface area contributed by atoms with Crippen LogP contribution in [0.25, 0.3) is 11.0 Å². The van der Waals surface area contributed by atoms with Crippen molar-refractivity contribution in [1.29, 1.82) is 0 Å². The van der Waals surface area contributed by atoms with Crippen LogP contribution in [0.1, 0.15) is 5.56 Å². The van der Waals surface area contributed by atoms with E-state index in [1.165, 1.54) is 6.07 Å². The van der Waals surface area contributed by atoms with Crippen LogP contribution in [0.5, 0.6) is 0 Å². The molecule has 19 heavy (non-hydrogen) atoms. The molecule has 2 aromatic carbocycles. The average molecular weight is 341 g/mol. The SMILES string of the molecule is Fc1cc(CNc2cccc3n[se]nc23)ccc1Cl. The zero-order chi connectivity index (χ0) is 13.2. The molecule has 0 atom stereocenters. The van der Waals surface area contributed by atoms with Gasteiger partial charge in [-0.1, -0.05) is 0 Å². The Morgan fingerprint density at radius 3 is 2.95 bits per heavy atom. The van der Waals surface area contributed by atoms with Crippen molar-refractivity contribution in [1.82, 2.24) is 7.96 Å². The molecule has 6 heteroatoms. The van der Waals surface area contributed by atoms with E-state index in [1.54, 1.807) is 12.1 Å². The molecule has 0 saturated heterocycles. The topological polar surface area (TPSA) is 37.8 Å². The molecule has 0 aliphatic carbocycles. The van der Waals surface area contributed by atoms with Gasteiger partial charge in [0.1, 0.15) is 0 Å².